The number of ether oxygens (including phenoxy) is 2. The minimum absolute atomic E-state index is 0.0935. The number of morpholine rings is 1. The molecule has 19 heavy (non-hydrogen) atoms. The van der Waals surface area contributed by atoms with Crippen LogP contribution in [0, 0.1) is 10.1 Å². The van der Waals surface area contributed by atoms with E-state index >= 15 is 0 Å². The van der Waals surface area contributed by atoms with E-state index in [9.17, 15) is 14.9 Å². The molecule has 0 N–H and O–H groups in total. The van der Waals surface area contributed by atoms with Crippen LogP contribution in [0.4, 0.5) is 11.5 Å². The standard InChI is InChI=1S/C11H13N3O5/c1-18-11(15)8-2-3-12-10(9(8)14(16)17)13-4-6-19-7-5-13/h2-3H,4-7H2,1H3. The summed E-state index contributed by atoms with van der Waals surface area (Å²) in [5.41, 5.74) is -0.416. The highest BCUT2D eigenvalue weighted by Gasteiger charge is 2.30. The highest BCUT2D eigenvalue weighted by atomic mass is 16.6. The summed E-state index contributed by atoms with van der Waals surface area (Å²) in [4.78, 5) is 27.9. The molecule has 0 radical (unpaired) electrons. The fourth-order valence-electron chi connectivity index (χ4n) is 1.90. The Kier molecular flexibility index (Phi) is 3.91. The molecule has 1 aromatic heterocycles. The first-order valence-corrected chi connectivity index (χ1v) is 5.69. The van der Waals surface area contributed by atoms with E-state index in [-0.39, 0.29) is 17.1 Å². The molecule has 2 rings (SSSR count). The smallest absolute Gasteiger partial charge is 0.345 e. The first kappa shape index (κ1) is 13.2. The SMILES string of the molecule is COC(=O)c1ccnc(N2CCOCC2)c1[N+](=O)[O-]. The van der Waals surface area contributed by atoms with E-state index in [0.29, 0.717) is 26.3 Å². The van der Waals surface area contributed by atoms with Crippen molar-refractivity contribution < 1.29 is 19.2 Å². The molecular formula is C11H13N3O5. The number of hydrogen-bond donors (Lipinski definition) is 0. The minimum Gasteiger partial charge on any atom is -0.465 e. The van der Waals surface area contributed by atoms with Crippen molar-refractivity contribution in [3.63, 3.8) is 0 Å². The highest BCUT2D eigenvalue weighted by Crippen LogP contribution is 2.30. The summed E-state index contributed by atoms with van der Waals surface area (Å²) < 4.78 is 9.74. The Hall–Kier alpha value is -2.22. The zero-order chi connectivity index (χ0) is 13.8. The fourth-order valence-corrected chi connectivity index (χ4v) is 1.90. The number of aromatic nitrogens is 1. The maximum atomic E-state index is 11.6. The molecule has 1 aliphatic heterocycles. The van der Waals surface area contributed by atoms with Crippen molar-refractivity contribution in [2.24, 2.45) is 0 Å². The van der Waals surface area contributed by atoms with Crippen molar-refractivity contribution in [2.45, 2.75) is 0 Å². The molecule has 0 atom stereocenters. The second-order valence-electron chi connectivity index (χ2n) is 3.88. The normalized spacial score (nSPS) is 15.1. The number of carbonyl (C=O) groups excluding carboxylic acids is 1. The Morgan fingerprint density at radius 3 is 2.79 bits per heavy atom. The third kappa shape index (κ3) is 2.63. The van der Waals surface area contributed by atoms with E-state index in [4.69, 9.17) is 4.74 Å². The molecule has 0 aromatic carbocycles. The van der Waals surface area contributed by atoms with Crippen molar-refractivity contribution in [2.75, 3.05) is 38.3 Å². The number of carbonyl (C=O) groups is 1. The van der Waals surface area contributed by atoms with Crippen LogP contribution in [0.3, 0.4) is 0 Å². The quantitative estimate of drug-likeness (QED) is 0.450. The number of esters is 1. The van der Waals surface area contributed by atoms with Gasteiger partial charge < -0.3 is 14.4 Å². The monoisotopic (exact) mass is 267 g/mol. The molecule has 0 aliphatic carbocycles. The lowest BCUT2D eigenvalue weighted by molar-refractivity contribution is -0.384. The highest BCUT2D eigenvalue weighted by molar-refractivity contribution is 5.96. The van der Waals surface area contributed by atoms with Crippen molar-refractivity contribution in [3.05, 3.63) is 27.9 Å². The van der Waals surface area contributed by atoms with Gasteiger partial charge in [-0.3, -0.25) is 10.1 Å². The Morgan fingerprint density at radius 1 is 1.53 bits per heavy atom. The zero-order valence-corrected chi connectivity index (χ0v) is 10.4. The fraction of sp³-hybridized carbons (Fsp3) is 0.455. The molecule has 8 nitrogen and oxygen atoms in total. The van der Waals surface area contributed by atoms with Gasteiger partial charge in [-0.2, -0.15) is 0 Å². The molecule has 0 bridgehead atoms. The van der Waals surface area contributed by atoms with Crippen molar-refractivity contribution >= 4 is 17.5 Å². The summed E-state index contributed by atoms with van der Waals surface area (Å²) in [7, 11) is 1.18. The molecule has 1 fully saturated rings. The Balaban J connectivity index is 2.47. The summed E-state index contributed by atoms with van der Waals surface area (Å²) in [5, 5.41) is 11.2. The molecular weight excluding hydrogens is 254 g/mol. The van der Waals surface area contributed by atoms with E-state index in [1.807, 2.05) is 0 Å². The first-order chi connectivity index (χ1) is 9.15. The molecule has 1 aromatic rings. The molecule has 0 unspecified atom stereocenters. The Morgan fingerprint density at radius 2 is 2.21 bits per heavy atom. The number of pyridine rings is 1. The van der Waals surface area contributed by atoms with Gasteiger partial charge in [0.15, 0.2) is 0 Å². The Bertz CT molecular complexity index is 499. The van der Waals surface area contributed by atoms with Crippen molar-refractivity contribution in [1.82, 2.24) is 4.98 Å². The van der Waals surface area contributed by atoms with Crippen LogP contribution in [0.5, 0.6) is 0 Å². The van der Waals surface area contributed by atoms with Crippen LogP contribution in [-0.2, 0) is 9.47 Å². The van der Waals surface area contributed by atoms with Crippen LogP contribution in [0.1, 0.15) is 10.4 Å². The number of nitrogens with zero attached hydrogens (tertiary/aromatic N) is 3. The molecule has 0 amide bonds. The second kappa shape index (κ2) is 5.61. The average Bonchev–Trinajstić information content (AvgIpc) is 2.46. The predicted octanol–water partition coefficient (Wildman–Crippen LogP) is 0.613. The van der Waals surface area contributed by atoms with Gasteiger partial charge in [-0.15, -0.1) is 0 Å². The Labute approximate surface area is 109 Å². The van der Waals surface area contributed by atoms with Crippen LogP contribution in [0.15, 0.2) is 12.3 Å². The van der Waals surface area contributed by atoms with Gasteiger partial charge in [-0.1, -0.05) is 0 Å². The molecule has 8 heteroatoms. The van der Waals surface area contributed by atoms with Crippen LogP contribution in [-0.4, -0.2) is 49.3 Å². The second-order valence-corrected chi connectivity index (χ2v) is 3.88. The molecule has 0 saturated carbocycles. The van der Waals surface area contributed by atoms with Gasteiger partial charge in [0.25, 0.3) is 0 Å². The van der Waals surface area contributed by atoms with Gasteiger partial charge in [0, 0.05) is 19.3 Å². The number of anilines is 1. The van der Waals surface area contributed by atoms with E-state index in [1.54, 1.807) is 4.90 Å². The van der Waals surface area contributed by atoms with E-state index in [0.717, 1.165) is 0 Å². The lowest BCUT2D eigenvalue weighted by Crippen LogP contribution is -2.37. The van der Waals surface area contributed by atoms with Gasteiger partial charge in [-0.25, -0.2) is 9.78 Å². The van der Waals surface area contributed by atoms with Gasteiger partial charge in [-0.05, 0) is 6.07 Å². The summed E-state index contributed by atoms with van der Waals surface area (Å²) in [6, 6.07) is 1.29. The summed E-state index contributed by atoms with van der Waals surface area (Å²) in [6.07, 6.45) is 1.37. The van der Waals surface area contributed by atoms with Crippen LogP contribution in [0.25, 0.3) is 0 Å². The van der Waals surface area contributed by atoms with Gasteiger partial charge in [0.1, 0.15) is 5.56 Å². The lowest BCUT2D eigenvalue weighted by atomic mass is 10.2. The van der Waals surface area contributed by atoms with Gasteiger partial charge >= 0.3 is 11.7 Å². The summed E-state index contributed by atoms with van der Waals surface area (Å²) in [6.45, 7) is 1.94. The number of methoxy groups -OCH3 is 1. The van der Waals surface area contributed by atoms with Crippen LogP contribution in [0.2, 0.25) is 0 Å². The zero-order valence-electron chi connectivity index (χ0n) is 10.4. The third-order valence-corrected chi connectivity index (χ3v) is 2.80. The number of rotatable bonds is 3. The number of hydrogen-bond acceptors (Lipinski definition) is 7. The first-order valence-electron chi connectivity index (χ1n) is 5.69. The maximum Gasteiger partial charge on any atom is 0.345 e. The molecule has 102 valence electrons. The molecule has 2 heterocycles. The lowest BCUT2D eigenvalue weighted by Gasteiger charge is -2.27. The van der Waals surface area contributed by atoms with Crippen LogP contribution >= 0.6 is 0 Å². The largest absolute Gasteiger partial charge is 0.465 e. The van der Waals surface area contributed by atoms with Crippen molar-refractivity contribution in [1.29, 1.82) is 0 Å². The topological polar surface area (TPSA) is 94.8 Å². The average molecular weight is 267 g/mol. The van der Waals surface area contributed by atoms with Crippen molar-refractivity contribution in [3.8, 4) is 0 Å². The summed E-state index contributed by atoms with van der Waals surface area (Å²) >= 11 is 0. The number of nitro groups is 1. The molecule has 1 saturated heterocycles. The van der Waals surface area contributed by atoms with E-state index in [2.05, 4.69) is 9.72 Å². The van der Waals surface area contributed by atoms with Gasteiger partial charge in [0.05, 0.1) is 25.2 Å². The van der Waals surface area contributed by atoms with Crippen LogP contribution < -0.4 is 4.90 Å². The molecule has 0 spiro atoms. The van der Waals surface area contributed by atoms with E-state index in [1.165, 1.54) is 19.4 Å². The van der Waals surface area contributed by atoms with E-state index < -0.39 is 10.9 Å². The van der Waals surface area contributed by atoms with Gasteiger partial charge in [0.2, 0.25) is 5.82 Å². The molecule has 1 aliphatic rings. The minimum atomic E-state index is -0.747. The third-order valence-electron chi connectivity index (χ3n) is 2.80. The maximum absolute atomic E-state index is 11.6. The summed E-state index contributed by atoms with van der Waals surface area (Å²) in [5.74, 6) is -0.570. The predicted molar refractivity (Wildman–Crippen MR) is 65.3 cm³/mol.